The topological polar surface area (TPSA) is 45.2 Å². The molecule has 88 valence electrons. The first-order chi connectivity index (χ1) is 8.16. The van der Waals surface area contributed by atoms with E-state index in [1.54, 1.807) is 12.3 Å². The summed E-state index contributed by atoms with van der Waals surface area (Å²) in [6, 6.07) is 7.50. The summed E-state index contributed by atoms with van der Waals surface area (Å²) in [5, 5.41) is 12.8. The van der Waals surface area contributed by atoms with E-state index in [4.69, 9.17) is 0 Å². The van der Waals surface area contributed by atoms with E-state index < -0.39 is 0 Å². The number of aromatic hydroxyl groups is 1. The molecule has 2 N–H and O–H groups in total. The molecule has 3 heteroatoms. The number of anilines is 1. The zero-order valence-corrected chi connectivity index (χ0v) is 10.1. The van der Waals surface area contributed by atoms with Crippen LogP contribution in [0.3, 0.4) is 0 Å². The zero-order valence-electron chi connectivity index (χ0n) is 10.1. The average Bonchev–Trinajstić information content (AvgIpc) is 2.32. The summed E-state index contributed by atoms with van der Waals surface area (Å²) in [5.41, 5.74) is 4.28. The van der Waals surface area contributed by atoms with Crippen molar-refractivity contribution in [3.63, 3.8) is 0 Å². The van der Waals surface area contributed by atoms with E-state index in [2.05, 4.69) is 17.2 Å². The van der Waals surface area contributed by atoms with Crippen molar-refractivity contribution in [1.29, 1.82) is 0 Å². The van der Waals surface area contributed by atoms with E-state index >= 15 is 0 Å². The van der Waals surface area contributed by atoms with Crippen LogP contribution in [-0.4, -0.2) is 10.1 Å². The first-order valence-electron chi connectivity index (χ1n) is 5.60. The Morgan fingerprint density at radius 2 is 2.00 bits per heavy atom. The number of benzene rings is 1. The van der Waals surface area contributed by atoms with Crippen molar-refractivity contribution in [3.8, 4) is 5.75 Å². The molecule has 0 unspecified atom stereocenters. The molecule has 1 aromatic heterocycles. The van der Waals surface area contributed by atoms with E-state index in [0.29, 0.717) is 5.75 Å². The third-order valence-electron chi connectivity index (χ3n) is 2.83. The maximum Gasteiger partial charge on any atom is 0.118 e. The Balaban J connectivity index is 2.08. The van der Waals surface area contributed by atoms with Gasteiger partial charge in [-0.05, 0) is 54.8 Å². The number of nitrogens with zero attached hydrogens (tertiary/aromatic N) is 1. The Kier molecular flexibility index (Phi) is 3.28. The summed E-state index contributed by atoms with van der Waals surface area (Å²) in [5.74, 6) is 0.327. The Bertz CT molecular complexity index is 523. The van der Waals surface area contributed by atoms with Gasteiger partial charge >= 0.3 is 0 Å². The number of phenols is 1. The molecule has 17 heavy (non-hydrogen) atoms. The average molecular weight is 228 g/mol. The van der Waals surface area contributed by atoms with E-state index in [1.807, 2.05) is 31.3 Å². The summed E-state index contributed by atoms with van der Waals surface area (Å²) in [6.07, 6.45) is 3.67. The number of nitrogens with one attached hydrogen (secondary N) is 1. The molecule has 0 saturated heterocycles. The number of rotatable bonds is 3. The lowest BCUT2D eigenvalue weighted by Gasteiger charge is -2.09. The lowest BCUT2D eigenvalue weighted by atomic mass is 10.1. The van der Waals surface area contributed by atoms with Crippen LogP contribution in [0.5, 0.6) is 5.75 Å². The van der Waals surface area contributed by atoms with Gasteiger partial charge in [0.1, 0.15) is 5.75 Å². The van der Waals surface area contributed by atoms with Crippen LogP contribution in [0.4, 0.5) is 5.69 Å². The number of aryl methyl sites for hydroxylation is 2. The van der Waals surface area contributed by atoms with Crippen LogP contribution in [0.2, 0.25) is 0 Å². The van der Waals surface area contributed by atoms with Gasteiger partial charge < -0.3 is 10.4 Å². The van der Waals surface area contributed by atoms with Gasteiger partial charge in [0.25, 0.3) is 0 Å². The summed E-state index contributed by atoms with van der Waals surface area (Å²) >= 11 is 0. The molecular weight excluding hydrogens is 212 g/mol. The van der Waals surface area contributed by atoms with Gasteiger partial charge in [0.15, 0.2) is 0 Å². The van der Waals surface area contributed by atoms with Gasteiger partial charge in [0.05, 0.1) is 0 Å². The van der Waals surface area contributed by atoms with Crippen molar-refractivity contribution in [2.24, 2.45) is 0 Å². The molecular formula is C14H16N2O. The maximum atomic E-state index is 9.44. The number of aromatic nitrogens is 1. The van der Waals surface area contributed by atoms with E-state index in [9.17, 15) is 5.11 Å². The lowest BCUT2D eigenvalue weighted by Crippen LogP contribution is -2.01. The van der Waals surface area contributed by atoms with Gasteiger partial charge in [-0.3, -0.25) is 4.98 Å². The minimum Gasteiger partial charge on any atom is -0.508 e. The van der Waals surface area contributed by atoms with Crippen molar-refractivity contribution in [2.75, 3.05) is 5.32 Å². The van der Waals surface area contributed by atoms with Crippen LogP contribution >= 0.6 is 0 Å². The molecule has 0 aliphatic carbocycles. The fourth-order valence-electron chi connectivity index (χ4n) is 1.64. The summed E-state index contributed by atoms with van der Waals surface area (Å²) in [7, 11) is 0. The fraction of sp³-hybridized carbons (Fsp3) is 0.214. The highest BCUT2D eigenvalue weighted by atomic mass is 16.3. The highest BCUT2D eigenvalue weighted by molar-refractivity contribution is 5.50. The van der Waals surface area contributed by atoms with Crippen molar-refractivity contribution < 1.29 is 5.11 Å². The van der Waals surface area contributed by atoms with Crippen molar-refractivity contribution in [2.45, 2.75) is 20.4 Å². The molecule has 2 rings (SSSR count). The standard InChI is InChI=1S/C14H16N2O/c1-10-5-6-15-8-12(10)9-16-13-3-4-14(17)11(2)7-13/h3-8,16-17H,9H2,1-2H3. The number of pyridine rings is 1. The van der Waals surface area contributed by atoms with Crippen molar-refractivity contribution in [3.05, 3.63) is 53.3 Å². The third-order valence-corrected chi connectivity index (χ3v) is 2.83. The molecule has 3 nitrogen and oxygen atoms in total. The molecule has 0 fully saturated rings. The third kappa shape index (κ3) is 2.75. The van der Waals surface area contributed by atoms with Crippen LogP contribution in [0, 0.1) is 13.8 Å². The largest absolute Gasteiger partial charge is 0.508 e. The van der Waals surface area contributed by atoms with Gasteiger partial charge in [-0.25, -0.2) is 0 Å². The van der Waals surface area contributed by atoms with Gasteiger partial charge in [-0.2, -0.15) is 0 Å². The quantitative estimate of drug-likeness (QED) is 0.794. The van der Waals surface area contributed by atoms with E-state index in [1.165, 1.54) is 11.1 Å². The predicted molar refractivity (Wildman–Crippen MR) is 69.1 cm³/mol. The fourth-order valence-corrected chi connectivity index (χ4v) is 1.64. The highest BCUT2D eigenvalue weighted by Crippen LogP contribution is 2.20. The van der Waals surface area contributed by atoms with Gasteiger partial charge in [0.2, 0.25) is 0 Å². The zero-order chi connectivity index (χ0) is 12.3. The first-order valence-corrected chi connectivity index (χ1v) is 5.60. The molecule has 0 bridgehead atoms. The smallest absolute Gasteiger partial charge is 0.118 e. The van der Waals surface area contributed by atoms with Crippen LogP contribution in [0.15, 0.2) is 36.7 Å². The Morgan fingerprint density at radius 3 is 2.71 bits per heavy atom. The Hall–Kier alpha value is -2.03. The molecule has 0 amide bonds. The van der Waals surface area contributed by atoms with Crippen LogP contribution in [0.1, 0.15) is 16.7 Å². The number of phenolic OH excluding ortho intramolecular Hbond substituents is 1. The van der Waals surface area contributed by atoms with Crippen molar-refractivity contribution >= 4 is 5.69 Å². The van der Waals surface area contributed by atoms with Crippen LogP contribution in [-0.2, 0) is 6.54 Å². The summed E-state index contributed by atoms with van der Waals surface area (Å²) < 4.78 is 0. The van der Waals surface area contributed by atoms with E-state index in [0.717, 1.165) is 17.8 Å². The van der Waals surface area contributed by atoms with Crippen LogP contribution < -0.4 is 5.32 Å². The second kappa shape index (κ2) is 4.87. The molecule has 0 radical (unpaired) electrons. The molecule has 0 aliphatic heterocycles. The Morgan fingerprint density at radius 1 is 1.18 bits per heavy atom. The lowest BCUT2D eigenvalue weighted by molar-refractivity contribution is 0.471. The molecule has 1 heterocycles. The molecule has 0 saturated carbocycles. The minimum atomic E-state index is 0.327. The summed E-state index contributed by atoms with van der Waals surface area (Å²) in [4.78, 5) is 4.11. The van der Waals surface area contributed by atoms with Crippen LogP contribution in [0.25, 0.3) is 0 Å². The molecule has 2 aromatic rings. The normalized spacial score (nSPS) is 10.2. The number of hydrogen-bond acceptors (Lipinski definition) is 3. The van der Waals surface area contributed by atoms with Gasteiger partial charge in [-0.1, -0.05) is 0 Å². The van der Waals surface area contributed by atoms with Crippen molar-refractivity contribution in [1.82, 2.24) is 4.98 Å². The maximum absolute atomic E-state index is 9.44. The van der Waals surface area contributed by atoms with E-state index in [-0.39, 0.29) is 0 Å². The highest BCUT2D eigenvalue weighted by Gasteiger charge is 2.00. The van der Waals surface area contributed by atoms with Gasteiger partial charge in [0, 0.05) is 24.6 Å². The molecule has 1 aromatic carbocycles. The predicted octanol–water partition coefficient (Wildman–Crippen LogP) is 3.02. The molecule has 0 aliphatic rings. The Labute approximate surface area is 101 Å². The second-order valence-electron chi connectivity index (χ2n) is 4.16. The number of hydrogen-bond donors (Lipinski definition) is 2. The SMILES string of the molecule is Cc1cc(NCc2cnccc2C)ccc1O. The summed E-state index contributed by atoms with van der Waals surface area (Å²) in [6.45, 7) is 4.69. The molecule has 0 spiro atoms. The second-order valence-corrected chi connectivity index (χ2v) is 4.16. The molecule has 0 atom stereocenters. The first kappa shape index (κ1) is 11.5. The van der Waals surface area contributed by atoms with Gasteiger partial charge in [-0.15, -0.1) is 0 Å². The monoisotopic (exact) mass is 228 g/mol. The minimum absolute atomic E-state index is 0.327.